The maximum Gasteiger partial charge on any atom is 0.162 e. The van der Waals surface area contributed by atoms with Crippen LogP contribution in [-0.4, -0.2) is 11.7 Å². The molecule has 1 aromatic rings. The molecule has 3 heteroatoms. The second-order valence-electron chi connectivity index (χ2n) is 3.05. The Morgan fingerprint density at radius 2 is 2.00 bits per heavy atom. The Kier molecular flexibility index (Phi) is 3.37. The Morgan fingerprint density at radius 1 is 1.31 bits per heavy atom. The van der Waals surface area contributed by atoms with Crippen molar-refractivity contribution in [1.29, 1.82) is 0 Å². The van der Waals surface area contributed by atoms with Crippen molar-refractivity contribution in [3.05, 3.63) is 34.9 Å². The van der Waals surface area contributed by atoms with E-state index >= 15 is 0 Å². The normalized spacial score (nSPS) is 10.5. The van der Waals surface area contributed by atoms with Gasteiger partial charge in [-0.3, -0.25) is 0 Å². The number of aliphatic hydroxyl groups is 1. The van der Waals surface area contributed by atoms with Gasteiger partial charge in [0.2, 0.25) is 0 Å². The second kappa shape index (κ2) is 4.33. The number of hydrogen-bond donors (Lipinski definition) is 1. The highest BCUT2D eigenvalue weighted by Crippen LogP contribution is 2.15. The Bertz CT molecular complexity index is 297. The van der Waals surface area contributed by atoms with E-state index in [0.29, 0.717) is 24.0 Å². The minimum atomic E-state index is -0.812. The third-order valence-corrected chi connectivity index (χ3v) is 1.85. The summed E-state index contributed by atoms with van der Waals surface area (Å²) >= 11 is 0. The molecule has 1 rings (SSSR count). The standard InChI is InChI=1S/C10H12F2O/c1-7-5-8(3-2-4-13)10(12)9(11)6-7/h5-6,13H,2-4H2,1H3. The van der Waals surface area contributed by atoms with Gasteiger partial charge in [-0.25, -0.2) is 8.78 Å². The monoisotopic (exact) mass is 186 g/mol. The summed E-state index contributed by atoms with van der Waals surface area (Å²) in [6.07, 6.45) is 0.834. The van der Waals surface area contributed by atoms with Crippen molar-refractivity contribution in [2.75, 3.05) is 6.61 Å². The number of aliphatic hydroxyl groups excluding tert-OH is 1. The van der Waals surface area contributed by atoms with Gasteiger partial charge in [-0.05, 0) is 37.0 Å². The van der Waals surface area contributed by atoms with E-state index in [0.717, 1.165) is 6.07 Å². The molecule has 0 atom stereocenters. The van der Waals surface area contributed by atoms with E-state index in [1.807, 2.05) is 0 Å². The van der Waals surface area contributed by atoms with Crippen LogP contribution in [0.3, 0.4) is 0 Å². The van der Waals surface area contributed by atoms with Crippen molar-refractivity contribution >= 4 is 0 Å². The van der Waals surface area contributed by atoms with Crippen LogP contribution in [0.1, 0.15) is 17.5 Å². The van der Waals surface area contributed by atoms with Crippen molar-refractivity contribution in [3.8, 4) is 0 Å². The fraction of sp³-hybridized carbons (Fsp3) is 0.400. The fourth-order valence-electron chi connectivity index (χ4n) is 1.25. The number of benzene rings is 1. The number of aryl methyl sites for hydroxylation is 2. The first kappa shape index (κ1) is 10.1. The van der Waals surface area contributed by atoms with E-state index in [4.69, 9.17) is 5.11 Å². The molecular weight excluding hydrogens is 174 g/mol. The van der Waals surface area contributed by atoms with E-state index in [1.54, 1.807) is 13.0 Å². The van der Waals surface area contributed by atoms with E-state index in [1.165, 1.54) is 0 Å². The molecule has 0 fully saturated rings. The molecule has 0 aliphatic carbocycles. The van der Waals surface area contributed by atoms with Crippen LogP contribution < -0.4 is 0 Å². The molecule has 72 valence electrons. The van der Waals surface area contributed by atoms with Crippen molar-refractivity contribution in [3.63, 3.8) is 0 Å². The van der Waals surface area contributed by atoms with Crippen molar-refractivity contribution < 1.29 is 13.9 Å². The molecule has 0 aliphatic rings. The van der Waals surface area contributed by atoms with Crippen LogP contribution in [0.5, 0.6) is 0 Å². The summed E-state index contributed by atoms with van der Waals surface area (Å²) in [5.41, 5.74) is 1.04. The molecule has 0 saturated carbocycles. The number of halogens is 2. The summed E-state index contributed by atoms with van der Waals surface area (Å²) in [4.78, 5) is 0. The predicted octanol–water partition coefficient (Wildman–Crippen LogP) is 2.20. The summed E-state index contributed by atoms with van der Waals surface area (Å²) in [6.45, 7) is 1.71. The lowest BCUT2D eigenvalue weighted by atomic mass is 10.1. The van der Waals surface area contributed by atoms with Crippen molar-refractivity contribution in [2.24, 2.45) is 0 Å². The van der Waals surface area contributed by atoms with Gasteiger partial charge in [0, 0.05) is 6.61 Å². The average molecular weight is 186 g/mol. The molecule has 0 aromatic heterocycles. The van der Waals surface area contributed by atoms with E-state index in [-0.39, 0.29) is 6.61 Å². The topological polar surface area (TPSA) is 20.2 Å². The molecule has 0 saturated heterocycles. The van der Waals surface area contributed by atoms with Crippen molar-refractivity contribution in [2.45, 2.75) is 19.8 Å². The quantitative estimate of drug-likeness (QED) is 0.767. The fourth-order valence-corrected chi connectivity index (χ4v) is 1.25. The van der Waals surface area contributed by atoms with Gasteiger partial charge in [-0.15, -0.1) is 0 Å². The highest BCUT2D eigenvalue weighted by molar-refractivity contribution is 5.25. The van der Waals surface area contributed by atoms with Crippen LogP contribution in [0.4, 0.5) is 8.78 Å². The minimum absolute atomic E-state index is 0.00496. The van der Waals surface area contributed by atoms with Gasteiger partial charge in [0.25, 0.3) is 0 Å². The summed E-state index contributed by atoms with van der Waals surface area (Å²) in [5, 5.41) is 8.54. The van der Waals surface area contributed by atoms with Gasteiger partial charge >= 0.3 is 0 Å². The molecule has 13 heavy (non-hydrogen) atoms. The first-order valence-electron chi connectivity index (χ1n) is 4.20. The molecule has 0 unspecified atom stereocenters. The molecule has 0 amide bonds. The molecule has 0 aliphatic heterocycles. The summed E-state index contributed by atoms with van der Waals surface area (Å²) < 4.78 is 25.9. The van der Waals surface area contributed by atoms with Gasteiger partial charge in [0.05, 0.1) is 0 Å². The smallest absolute Gasteiger partial charge is 0.162 e. The second-order valence-corrected chi connectivity index (χ2v) is 3.05. The zero-order valence-electron chi connectivity index (χ0n) is 7.48. The van der Waals surface area contributed by atoms with Crippen molar-refractivity contribution in [1.82, 2.24) is 0 Å². The summed E-state index contributed by atoms with van der Waals surface area (Å²) in [6, 6.07) is 2.77. The maximum atomic E-state index is 13.0. The van der Waals surface area contributed by atoms with Crippen LogP contribution >= 0.6 is 0 Å². The van der Waals surface area contributed by atoms with Gasteiger partial charge in [0.1, 0.15) is 0 Å². The van der Waals surface area contributed by atoms with Crippen LogP contribution in [0.25, 0.3) is 0 Å². The molecule has 1 nitrogen and oxygen atoms in total. The maximum absolute atomic E-state index is 13.0. The third kappa shape index (κ3) is 2.49. The molecule has 1 aromatic carbocycles. The molecule has 1 N–H and O–H groups in total. The number of hydrogen-bond acceptors (Lipinski definition) is 1. The van der Waals surface area contributed by atoms with Gasteiger partial charge < -0.3 is 5.11 Å². The van der Waals surface area contributed by atoms with Crippen LogP contribution in [0.2, 0.25) is 0 Å². The molecule has 0 bridgehead atoms. The minimum Gasteiger partial charge on any atom is -0.396 e. The van der Waals surface area contributed by atoms with Crippen LogP contribution in [0, 0.1) is 18.6 Å². The Balaban J connectivity index is 2.92. The van der Waals surface area contributed by atoms with Crippen LogP contribution in [0.15, 0.2) is 12.1 Å². The van der Waals surface area contributed by atoms with Gasteiger partial charge in [-0.2, -0.15) is 0 Å². The molecule has 0 heterocycles. The third-order valence-electron chi connectivity index (χ3n) is 1.85. The first-order chi connectivity index (χ1) is 6.15. The van der Waals surface area contributed by atoms with E-state index in [9.17, 15) is 8.78 Å². The lowest BCUT2D eigenvalue weighted by Gasteiger charge is -2.04. The van der Waals surface area contributed by atoms with Crippen LogP contribution in [-0.2, 0) is 6.42 Å². The Hall–Kier alpha value is -0.960. The van der Waals surface area contributed by atoms with Gasteiger partial charge in [-0.1, -0.05) is 6.07 Å². The lowest BCUT2D eigenvalue weighted by Crippen LogP contribution is -1.97. The molecule has 0 spiro atoms. The highest BCUT2D eigenvalue weighted by atomic mass is 19.2. The summed E-state index contributed by atoms with van der Waals surface area (Å²) in [7, 11) is 0. The zero-order valence-corrected chi connectivity index (χ0v) is 7.48. The van der Waals surface area contributed by atoms with Gasteiger partial charge in [0.15, 0.2) is 11.6 Å². The van der Waals surface area contributed by atoms with E-state index < -0.39 is 11.6 Å². The number of rotatable bonds is 3. The largest absolute Gasteiger partial charge is 0.396 e. The lowest BCUT2D eigenvalue weighted by molar-refractivity contribution is 0.287. The Labute approximate surface area is 76.0 Å². The highest BCUT2D eigenvalue weighted by Gasteiger charge is 2.08. The SMILES string of the molecule is Cc1cc(F)c(F)c(CCCO)c1. The summed E-state index contributed by atoms with van der Waals surface area (Å²) in [5.74, 6) is -1.60. The first-order valence-corrected chi connectivity index (χ1v) is 4.20. The zero-order chi connectivity index (χ0) is 9.84. The molecule has 0 radical (unpaired) electrons. The predicted molar refractivity (Wildman–Crippen MR) is 46.5 cm³/mol. The Morgan fingerprint density at radius 3 is 2.62 bits per heavy atom. The average Bonchev–Trinajstić information content (AvgIpc) is 2.09. The van der Waals surface area contributed by atoms with E-state index in [2.05, 4.69) is 0 Å². The molecular formula is C10H12F2O.